The molecule has 0 saturated carbocycles. The number of phosphoric ester groups is 1. The molecule has 0 amide bonds. The van der Waals surface area contributed by atoms with Crippen molar-refractivity contribution in [3.63, 3.8) is 0 Å². The number of aldehydes is 1. The normalized spacial score (nSPS) is 19.2. The first kappa shape index (κ1) is 29.3. The van der Waals surface area contributed by atoms with Crippen molar-refractivity contribution in [2.24, 2.45) is 0 Å². The Balaban J connectivity index is 0. The fourth-order valence-corrected chi connectivity index (χ4v) is 1.66. The van der Waals surface area contributed by atoms with Crippen molar-refractivity contribution in [3.8, 4) is 0 Å². The molecular formula is C12H25O15P. The predicted molar refractivity (Wildman–Crippen MR) is 85.3 cm³/mol. The van der Waals surface area contributed by atoms with Crippen LogP contribution in [0.4, 0.5) is 0 Å². The Morgan fingerprint density at radius 2 is 1.29 bits per heavy atom. The van der Waals surface area contributed by atoms with Crippen molar-refractivity contribution in [2.45, 2.75) is 42.7 Å². The second kappa shape index (κ2) is 14.1. The van der Waals surface area contributed by atoms with Crippen LogP contribution in [0.3, 0.4) is 0 Å². The predicted octanol–water partition coefficient (Wildman–Crippen LogP) is -6.64. The Kier molecular flexibility index (Phi) is 14.8. The van der Waals surface area contributed by atoms with E-state index in [1.54, 1.807) is 0 Å². The minimum absolute atomic E-state index is 0.0258. The van der Waals surface area contributed by atoms with Crippen molar-refractivity contribution in [2.75, 3.05) is 19.8 Å². The molecule has 0 aliphatic rings. The summed E-state index contributed by atoms with van der Waals surface area (Å²) >= 11 is 0. The highest BCUT2D eigenvalue weighted by Gasteiger charge is 2.31. The number of rotatable bonds is 12. The van der Waals surface area contributed by atoms with Gasteiger partial charge in [0, 0.05) is 0 Å². The Morgan fingerprint density at radius 1 is 0.857 bits per heavy atom. The van der Waals surface area contributed by atoms with Gasteiger partial charge in [0.25, 0.3) is 0 Å². The quantitative estimate of drug-likeness (QED) is 0.0993. The van der Waals surface area contributed by atoms with Crippen LogP contribution in [0.15, 0.2) is 0 Å². The van der Waals surface area contributed by atoms with Gasteiger partial charge in [-0.25, -0.2) is 4.57 Å². The van der Waals surface area contributed by atoms with E-state index in [1.807, 2.05) is 0 Å². The molecule has 11 N–H and O–H groups in total. The highest BCUT2D eigenvalue weighted by atomic mass is 31.2. The molecule has 0 spiro atoms. The molecule has 15 nitrogen and oxygen atoms in total. The highest BCUT2D eigenvalue weighted by Crippen LogP contribution is 2.35. The first-order valence-electron chi connectivity index (χ1n) is 7.39. The topological polar surface area (TPSA) is 283 Å². The van der Waals surface area contributed by atoms with E-state index in [9.17, 15) is 14.2 Å². The molecule has 0 aliphatic carbocycles. The zero-order valence-corrected chi connectivity index (χ0v) is 15.1. The minimum Gasteiger partial charge on any atom is -0.394 e. The summed E-state index contributed by atoms with van der Waals surface area (Å²) in [6.07, 6.45) is -12.6. The molecule has 0 heterocycles. The minimum atomic E-state index is -4.85. The van der Waals surface area contributed by atoms with Gasteiger partial charge in [0.05, 0.1) is 13.2 Å². The van der Waals surface area contributed by atoms with Gasteiger partial charge in [-0.15, -0.1) is 0 Å². The van der Waals surface area contributed by atoms with Gasteiger partial charge in [-0.1, -0.05) is 0 Å². The van der Waals surface area contributed by atoms with Crippen molar-refractivity contribution >= 4 is 19.9 Å². The molecule has 0 aromatic rings. The van der Waals surface area contributed by atoms with Crippen LogP contribution in [-0.2, 0) is 18.7 Å². The summed E-state index contributed by atoms with van der Waals surface area (Å²) in [6, 6.07) is 0. The van der Waals surface area contributed by atoms with E-state index in [-0.39, 0.29) is 6.29 Å². The average molecular weight is 440 g/mol. The molecule has 0 rings (SSSR count). The lowest BCUT2D eigenvalue weighted by Crippen LogP contribution is -2.46. The van der Waals surface area contributed by atoms with Crippen molar-refractivity contribution in [1.29, 1.82) is 0 Å². The molecular weight excluding hydrogens is 415 g/mol. The molecule has 0 aromatic heterocycles. The van der Waals surface area contributed by atoms with E-state index in [1.165, 1.54) is 0 Å². The number of Topliss-reactive ketones (excluding diaryl/α,β-unsaturated/α-hetero) is 1. The summed E-state index contributed by atoms with van der Waals surface area (Å²) in [5.41, 5.74) is 0. The second-order valence-electron chi connectivity index (χ2n) is 5.27. The summed E-state index contributed by atoms with van der Waals surface area (Å²) < 4.78 is 14.0. The zero-order valence-electron chi connectivity index (χ0n) is 14.2. The van der Waals surface area contributed by atoms with Gasteiger partial charge in [0.1, 0.15) is 49.3 Å². The van der Waals surface area contributed by atoms with Gasteiger partial charge in [-0.05, 0) is 0 Å². The Labute approximate surface area is 157 Å². The summed E-state index contributed by atoms with van der Waals surface area (Å²) in [7, 11) is -4.85. The number of carbonyl (C=O) groups excluding carboxylic acids is 2. The lowest BCUT2D eigenvalue weighted by Gasteiger charge is -2.22. The Hall–Kier alpha value is -0.910. The largest absolute Gasteiger partial charge is 0.470 e. The molecule has 16 heteroatoms. The van der Waals surface area contributed by atoms with Crippen LogP contribution in [0.25, 0.3) is 0 Å². The van der Waals surface area contributed by atoms with Crippen molar-refractivity contribution in [3.05, 3.63) is 0 Å². The van der Waals surface area contributed by atoms with Gasteiger partial charge in [-0.2, -0.15) is 0 Å². The van der Waals surface area contributed by atoms with Crippen LogP contribution >= 0.6 is 7.82 Å². The fraction of sp³-hybridized carbons (Fsp3) is 0.833. The molecule has 0 saturated heterocycles. The second-order valence-corrected chi connectivity index (χ2v) is 6.51. The Bertz CT molecular complexity index is 495. The number of ketones is 1. The molecule has 7 atom stereocenters. The summed E-state index contributed by atoms with van der Waals surface area (Å²) in [4.78, 5) is 37.4. The van der Waals surface area contributed by atoms with Crippen LogP contribution in [0.5, 0.6) is 0 Å². The smallest absolute Gasteiger partial charge is 0.394 e. The summed E-state index contributed by atoms with van der Waals surface area (Å²) in [6.45, 7) is -2.77. The Morgan fingerprint density at radius 3 is 1.64 bits per heavy atom. The third-order valence-electron chi connectivity index (χ3n) is 3.03. The zero-order chi connectivity index (χ0) is 22.7. The molecule has 0 unspecified atom stereocenters. The molecule has 0 aliphatic heterocycles. The third kappa shape index (κ3) is 11.8. The third-order valence-corrected chi connectivity index (χ3v) is 3.50. The van der Waals surface area contributed by atoms with E-state index in [0.29, 0.717) is 0 Å². The highest BCUT2D eigenvalue weighted by molar-refractivity contribution is 7.46. The summed E-state index contributed by atoms with van der Waals surface area (Å²) in [5.74, 6) is -1.23. The van der Waals surface area contributed by atoms with Crippen LogP contribution in [0.2, 0.25) is 0 Å². The van der Waals surface area contributed by atoms with Crippen LogP contribution in [-0.4, -0.2) is 130 Å². The maximum absolute atomic E-state index is 11.0. The maximum Gasteiger partial charge on any atom is 0.470 e. The molecule has 0 bridgehead atoms. The van der Waals surface area contributed by atoms with Crippen LogP contribution < -0.4 is 0 Å². The maximum atomic E-state index is 11.0. The van der Waals surface area contributed by atoms with Crippen molar-refractivity contribution < 1.29 is 74.4 Å². The van der Waals surface area contributed by atoms with Crippen molar-refractivity contribution in [1.82, 2.24) is 0 Å². The van der Waals surface area contributed by atoms with E-state index in [2.05, 4.69) is 4.52 Å². The lowest BCUT2D eigenvalue weighted by atomic mass is 10.0. The molecule has 0 radical (unpaired) electrons. The molecule has 168 valence electrons. The van der Waals surface area contributed by atoms with Gasteiger partial charge < -0.3 is 60.5 Å². The first-order valence-corrected chi connectivity index (χ1v) is 8.92. The van der Waals surface area contributed by atoms with E-state index in [0.717, 1.165) is 0 Å². The molecule has 0 fully saturated rings. The lowest BCUT2D eigenvalue weighted by molar-refractivity contribution is -0.142. The number of aliphatic hydroxyl groups excluding tert-OH is 9. The number of hydrogen-bond donors (Lipinski definition) is 11. The number of phosphoric acid groups is 1. The van der Waals surface area contributed by atoms with Crippen LogP contribution in [0.1, 0.15) is 0 Å². The van der Waals surface area contributed by atoms with Gasteiger partial charge in [0.2, 0.25) is 0 Å². The van der Waals surface area contributed by atoms with Gasteiger partial charge in [-0.3, -0.25) is 9.32 Å². The van der Waals surface area contributed by atoms with Gasteiger partial charge in [0.15, 0.2) is 12.1 Å². The number of aliphatic hydroxyl groups is 9. The molecule has 28 heavy (non-hydrogen) atoms. The van der Waals surface area contributed by atoms with Crippen LogP contribution in [0, 0.1) is 0 Å². The first-order chi connectivity index (χ1) is 12.7. The van der Waals surface area contributed by atoms with E-state index >= 15 is 0 Å². The standard InChI is InChI=1S/C6H13O9P.C6H12O6/c7-1-3(8)5(10)6(11)4(9)2-15-16(12,13)14;7-1-3(9)5(11)6(12)4(10)2-8/h3,5-8,10-11H,1-2H2,(H2,12,13,14);1,3-6,8-12H,2H2/t3-,5-,6-;3-,4+,5+,6+/m10/s1. The SMILES string of the molecule is O=C(COP(=O)(O)O)[C@@H](O)[C@H](O)[C@H](O)CO.O=C[C@H](O)[C@@H](O)[C@H](O)[C@H](O)CO. The summed E-state index contributed by atoms with van der Waals surface area (Å²) in [5, 5.41) is 78.9. The average Bonchev–Trinajstić information content (AvgIpc) is 2.67. The van der Waals surface area contributed by atoms with Gasteiger partial charge >= 0.3 is 7.82 Å². The monoisotopic (exact) mass is 440 g/mol. The number of carbonyl (C=O) groups is 2. The number of hydrogen-bond acceptors (Lipinski definition) is 13. The van der Waals surface area contributed by atoms with E-state index < -0.39 is 76.2 Å². The fourth-order valence-electron chi connectivity index (χ4n) is 1.36. The molecule has 0 aromatic carbocycles. The van der Waals surface area contributed by atoms with E-state index in [4.69, 9.17) is 55.7 Å².